The van der Waals surface area contributed by atoms with Crippen LogP contribution in [0.1, 0.15) is 11.3 Å². The van der Waals surface area contributed by atoms with Gasteiger partial charge in [0, 0.05) is 6.20 Å². The maximum Gasteiger partial charge on any atom is 0.144 e. The minimum atomic E-state index is 0.246. The molecule has 0 aliphatic rings. The number of hydrogen-bond donors (Lipinski definition) is 2. The average Bonchev–Trinajstić information content (AvgIpc) is 2.39. The lowest BCUT2D eigenvalue weighted by Gasteiger charge is -2.00. The maximum absolute atomic E-state index is 9.14. The molecule has 0 radical (unpaired) electrons. The van der Waals surface area contributed by atoms with Crippen molar-refractivity contribution >= 4 is 5.84 Å². The van der Waals surface area contributed by atoms with E-state index >= 15 is 0 Å². The second kappa shape index (κ2) is 5.12. The highest BCUT2D eigenvalue weighted by Gasteiger charge is 1.98. The summed E-state index contributed by atoms with van der Waals surface area (Å²) in [6.07, 6.45) is 1.68. The lowest BCUT2D eigenvalue weighted by molar-refractivity contribution is 0.475. The Morgan fingerprint density at radius 3 is 2.59 bits per heavy atom. The van der Waals surface area contributed by atoms with E-state index in [0.29, 0.717) is 18.1 Å². The zero-order chi connectivity index (χ0) is 12.1. The summed E-state index contributed by atoms with van der Waals surface area (Å²) < 4.78 is 0. The van der Waals surface area contributed by atoms with Crippen LogP contribution in [-0.2, 0) is 6.54 Å². The molecule has 0 unspecified atom stereocenters. The van der Waals surface area contributed by atoms with Crippen LogP contribution in [0.25, 0.3) is 0 Å². The number of rotatable bonds is 3. The molecule has 0 bridgehead atoms. The van der Waals surface area contributed by atoms with Gasteiger partial charge in [-0.2, -0.15) is 0 Å². The molecule has 0 saturated carbocycles. The van der Waals surface area contributed by atoms with Gasteiger partial charge < -0.3 is 10.8 Å². The fraction of sp³-hybridized carbons (Fsp3) is 0.0769. The number of nitrogens with two attached hydrogens (primary N) is 1. The Labute approximate surface area is 99.5 Å². The molecule has 1 heterocycles. The fourth-order valence-electron chi connectivity index (χ4n) is 1.37. The van der Waals surface area contributed by atoms with E-state index in [9.17, 15) is 0 Å². The molecule has 17 heavy (non-hydrogen) atoms. The molecule has 2 aromatic rings. The van der Waals surface area contributed by atoms with E-state index in [4.69, 9.17) is 10.8 Å². The number of benzene rings is 1. The summed E-state index contributed by atoms with van der Waals surface area (Å²) in [5, 5.41) is 9.14. The normalized spacial score (nSPS) is 11.4. The number of phenols is 1. The minimum Gasteiger partial charge on any atom is -0.508 e. The lowest BCUT2D eigenvalue weighted by Crippen LogP contribution is -2.15. The predicted octanol–water partition coefficient (Wildman–Crippen LogP) is 1.69. The third-order valence-electron chi connectivity index (χ3n) is 2.30. The van der Waals surface area contributed by atoms with Crippen molar-refractivity contribution in [2.75, 3.05) is 0 Å². The van der Waals surface area contributed by atoms with Gasteiger partial charge in [0.15, 0.2) is 0 Å². The Kier molecular flexibility index (Phi) is 3.35. The summed E-state index contributed by atoms with van der Waals surface area (Å²) in [5.74, 6) is 0.661. The van der Waals surface area contributed by atoms with Crippen LogP contribution in [0, 0.1) is 0 Å². The Morgan fingerprint density at radius 1 is 1.18 bits per heavy atom. The molecule has 2 rings (SSSR count). The first-order valence-electron chi connectivity index (χ1n) is 5.25. The number of hydrogen-bond acceptors (Lipinski definition) is 3. The number of phenolic OH excluding ortho intramolecular Hbond substituents is 1. The van der Waals surface area contributed by atoms with Crippen LogP contribution in [-0.4, -0.2) is 15.9 Å². The van der Waals surface area contributed by atoms with Gasteiger partial charge in [0.1, 0.15) is 17.3 Å². The average molecular weight is 227 g/mol. The first-order chi connectivity index (χ1) is 8.25. The van der Waals surface area contributed by atoms with Crippen LogP contribution in [0.2, 0.25) is 0 Å². The minimum absolute atomic E-state index is 0.246. The molecule has 0 amide bonds. The molecule has 1 aromatic heterocycles. The van der Waals surface area contributed by atoms with Crippen LogP contribution in [0.4, 0.5) is 0 Å². The zero-order valence-electron chi connectivity index (χ0n) is 9.24. The molecule has 0 atom stereocenters. The lowest BCUT2D eigenvalue weighted by atomic mass is 10.2. The summed E-state index contributed by atoms with van der Waals surface area (Å²) in [6, 6.07) is 12.4. The van der Waals surface area contributed by atoms with Crippen molar-refractivity contribution in [2.24, 2.45) is 10.7 Å². The first kappa shape index (κ1) is 11.1. The smallest absolute Gasteiger partial charge is 0.144 e. The summed E-state index contributed by atoms with van der Waals surface area (Å²) in [6.45, 7) is 0.475. The third-order valence-corrected chi connectivity index (χ3v) is 2.30. The van der Waals surface area contributed by atoms with Gasteiger partial charge in [-0.1, -0.05) is 18.2 Å². The molecule has 0 fully saturated rings. The summed E-state index contributed by atoms with van der Waals surface area (Å²) in [4.78, 5) is 8.35. The largest absolute Gasteiger partial charge is 0.508 e. The van der Waals surface area contributed by atoms with Gasteiger partial charge in [0.25, 0.3) is 0 Å². The standard InChI is InChI=1S/C13H13N3O/c14-13(12-3-1-2-8-15-12)16-9-10-4-6-11(17)7-5-10/h1-8,17H,9H2,(H2,14,16). The van der Waals surface area contributed by atoms with Gasteiger partial charge in [-0.15, -0.1) is 0 Å². The van der Waals surface area contributed by atoms with E-state index in [1.807, 2.05) is 30.3 Å². The van der Waals surface area contributed by atoms with Crippen molar-refractivity contribution in [3.63, 3.8) is 0 Å². The van der Waals surface area contributed by atoms with Gasteiger partial charge in [0.2, 0.25) is 0 Å². The van der Waals surface area contributed by atoms with Crippen molar-refractivity contribution < 1.29 is 5.11 Å². The highest BCUT2D eigenvalue weighted by Crippen LogP contribution is 2.10. The van der Waals surface area contributed by atoms with Crippen LogP contribution in [0.15, 0.2) is 53.7 Å². The van der Waals surface area contributed by atoms with Gasteiger partial charge >= 0.3 is 0 Å². The van der Waals surface area contributed by atoms with Crippen molar-refractivity contribution in [3.05, 3.63) is 59.9 Å². The molecule has 4 heteroatoms. The highest BCUT2D eigenvalue weighted by molar-refractivity contribution is 5.95. The highest BCUT2D eigenvalue weighted by atomic mass is 16.3. The summed E-state index contributed by atoms with van der Waals surface area (Å²) >= 11 is 0. The second-order valence-corrected chi connectivity index (χ2v) is 3.58. The Morgan fingerprint density at radius 2 is 1.94 bits per heavy atom. The maximum atomic E-state index is 9.14. The van der Waals surface area contributed by atoms with Crippen molar-refractivity contribution in [2.45, 2.75) is 6.54 Å². The first-order valence-corrected chi connectivity index (χ1v) is 5.25. The number of aromatic hydroxyl groups is 1. The molecule has 3 N–H and O–H groups in total. The predicted molar refractivity (Wildman–Crippen MR) is 66.8 cm³/mol. The quantitative estimate of drug-likeness (QED) is 0.619. The molecule has 86 valence electrons. The number of aliphatic imine (C=N–C) groups is 1. The third kappa shape index (κ3) is 3.04. The van der Waals surface area contributed by atoms with E-state index in [-0.39, 0.29) is 5.75 Å². The molecular formula is C13H13N3O. The summed E-state index contributed by atoms with van der Waals surface area (Å²) in [7, 11) is 0. The fourth-order valence-corrected chi connectivity index (χ4v) is 1.37. The molecule has 0 saturated heterocycles. The summed E-state index contributed by atoms with van der Waals surface area (Å²) in [5.41, 5.74) is 7.47. The van der Waals surface area contributed by atoms with Crippen molar-refractivity contribution in [3.8, 4) is 5.75 Å². The van der Waals surface area contributed by atoms with Gasteiger partial charge in [-0.25, -0.2) is 0 Å². The van der Waals surface area contributed by atoms with E-state index in [0.717, 1.165) is 5.56 Å². The Balaban J connectivity index is 2.08. The number of amidine groups is 1. The topological polar surface area (TPSA) is 71.5 Å². The molecular weight excluding hydrogens is 214 g/mol. The van der Waals surface area contributed by atoms with E-state index in [2.05, 4.69) is 9.98 Å². The second-order valence-electron chi connectivity index (χ2n) is 3.58. The monoisotopic (exact) mass is 227 g/mol. The van der Waals surface area contributed by atoms with E-state index < -0.39 is 0 Å². The van der Waals surface area contributed by atoms with Crippen molar-refractivity contribution in [1.29, 1.82) is 0 Å². The zero-order valence-corrected chi connectivity index (χ0v) is 9.24. The number of nitrogens with zero attached hydrogens (tertiary/aromatic N) is 2. The van der Waals surface area contributed by atoms with Crippen LogP contribution < -0.4 is 5.73 Å². The van der Waals surface area contributed by atoms with Crippen LogP contribution in [0.3, 0.4) is 0 Å². The molecule has 4 nitrogen and oxygen atoms in total. The molecule has 0 aliphatic heterocycles. The molecule has 1 aromatic carbocycles. The van der Waals surface area contributed by atoms with Crippen LogP contribution >= 0.6 is 0 Å². The van der Waals surface area contributed by atoms with Gasteiger partial charge in [-0.05, 0) is 29.8 Å². The SMILES string of the molecule is NC(=NCc1ccc(O)cc1)c1ccccn1. The van der Waals surface area contributed by atoms with Gasteiger partial charge in [0.05, 0.1) is 6.54 Å². The number of aromatic nitrogens is 1. The van der Waals surface area contributed by atoms with Gasteiger partial charge in [-0.3, -0.25) is 9.98 Å². The van der Waals surface area contributed by atoms with Crippen LogP contribution in [0.5, 0.6) is 5.75 Å². The van der Waals surface area contributed by atoms with E-state index in [1.165, 1.54) is 0 Å². The van der Waals surface area contributed by atoms with Crippen molar-refractivity contribution in [1.82, 2.24) is 4.98 Å². The number of pyridine rings is 1. The Hall–Kier alpha value is -2.36. The van der Waals surface area contributed by atoms with E-state index in [1.54, 1.807) is 18.3 Å². The Bertz CT molecular complexity index is 506. The molecule has 0 spiro atoms. The molecule has 0 aliphatic carbocycles.